The second-order valence-electron chi connectivity index (χ2n) is 4.12. The fraction of sp³-hybridized carbons (Fsp3) is 0.308. The van der Waals surface area contributed by atoms with Crippen LogP contribution in [0.4, 0.5) is 17.6 Å². The van der Waals surface area contributed by atoms with Gasteiger partial charge < -0.3 is 0 Å². The van der Waals surface area contributed by atoms with Crippen LogP contribution < -0.4 is 0 Å². The number of hydrogen-bond acceptors (Lipinski definition) is 2. The molecule has 0 radical (unpaired) electrons. The summed E-state index contributed by atoms with van der Waals surface area (Å²) in [5, 5.41) is 1.84. The van der Waals surface area contributed by atoms with Gasteiger partial charge in [-0.15, -0.1) is 22.9 Å². The van der Waals surface area contributed by atoms with Gasteiger partial charge in [0.25, 0.3) is 0 Å². The Morgan fingerprint density at radius 2 is 2.00 bits per heavy atom. The summed E-state index contributed by atoms with van der Waals surface area (Å²) >= 11 is 6.63. The van der Waals surface area contributed by atoms with Gasteiger partial charge in [0.2, 0.25) is 0 Å². The molecule has 1 nitrogen and oxygen atoms in total. The van der Waals surface area contributed by atoms with Crippen molar-refractivity contribution in [3.05, 3.63) is 40.7 Å². The van der Waals surface area contributed by atoms with Gasteiger partial charge in [0.05, 0.1) is 11.3 Å². The highest BCUT2D eigenvalue weighted by atomic mass is 35.5. The smallest absolute Gasteiger partial charge is 0.241 e. The molecule has 108 valence electrons. The lowest BCUT2D eigenvalue weighted by Gasteiger charge is -2.10. The number of halogens is 5. The first-order valence-electron chi connectivity index (χ1n) is 5.79. The average molecular weight is 324 g/mol. The first kappa shape index (κ1) is 15.3. The zero-order valence-electron chi connectivity index (χ0n) is 10.2. The van der Waals surface area contributed by atoms with Crippen molar-refractivity contribution in [2.75, 3.05) is 5.88 Å². The van der Waals surface area contributed by atoms with E-state index >= 15 is 0 Å². The zero-order chi connectivity index (χ0) is 14.8. The molecule has 1 aromatic heterocycles. The third kappa shape index (κ3) is 3.49. The van der Waals surface area contributed by atoms with Crippen molar-refractivity contribution in [2.45, 2.75) is 19.0 Å². The van der Waals surface area contributed by atoms with E-state index in [-0.39, 0.29) is 10.6 Å². The van der Waals surface area contributed by atoms with Gasteiger partial charge in [0, 0.05) is 16.8 Å². The molecular formula is C13H10ClF4NS. The van der Waals surface area contributed by atoms with Crippen molar-refractivity contribution in [3.63, 3.8) is 0 Å². The van der Waals surface area contributed by atoms with Gasteiger partial charge in [0.15, 0.2) is 0 Å². The van der Waals surface area contributed by atoms with Crippen LogP contribution in [-0.2, 0) is 12.6 Å². The highest BCUT2D eigenvalue weighted by Gasteiger charge is 2.34. The minimum atomic E-state index is -4.54. The fourth-order valence-electron chi connectivity index (χ4n) is 1.73. The van der Waals surface area contributed by atoms with E-state index in [1.54, 1.807) is 5.38 Å². The van der Waals surface area contributed by atoms with E-state index in [2.05, 4.69) is 4.98 Å². The Hall–Kier alpha value is -1.14. The first-order valence-corrected chi connectivity index (χ1v) is 7.20. The normalized spacial score (nSPS) is 11.8. The highest BCUT2D eigenvalue weighted by molar-refractivity contribution is 7.13. The lowest BCUT2D eigenvalue weighted by Crippen LogP contribution is -2.07. The number of rotatable bonds is 4. The Bertz CT molecular complexity index is 594. The van der Waals surface area contributed by atoms with Gasteiger partial charge in [-0.05, 0) is 31.0 Å². The summed E-state index contributed by atoms with van der Waals surface area (Å²) in [7, 11) is 0. The molecule has 1 heterocycles. The number of hydrogen-bond donors (Lipinski definition) is 0. The van der Waals surface area contributed by atoms with E-state index in [9.17, 15) is 17.6 Å². The molecule has 2 aromatic rings. The number of aromatic nitrogens is 1. The Morgan fingerprint density at radius 3 is 2.65 bits per heavy atom. The molecule has 0 aliphatic heterocycles. The van der Waals surface area contributed by atoms with Crippen molar-refractivity contribution in [2.24, 2.45) is 0 Å². The summed E-state index contributed by atoms with van der Waals surface area (Å²) in [6.45, 7) is 0. The molecule has 0 unspecified atom stereocenters. The lowest BCUT2D eigenvalue weighted by molar-refractivity contribution is -0.137. The fourth-order valence-corrected chi connectivity index (χ4v) is 2.75. The average Bonchev–Trinajstić information content (AvgIpc) is 2.83. The molecule has 0 bridgehead atoms. The van der Waals surface area contributed by atoms with Crippen LogP contribution >= 0.6 is 22.9 Å². The molecule has 1 aromatic carbocycles. The van der Waals surface area contributed by atoms with Crippen LogP contribution in [0, 0.1) is 5.82 Å². The molecule has 0 aliphatic rings. The summed E-state index contributed by atoms with van der Waals surface area (Å²) in [6, 6.07) is 2.41. The van der Waals surface area contributed by atoms with E-state index in [1.165, 1.54) is 0 Å². The van der Waals surface area contributed by atoms with Gasteiger partial charge in [-0.2, -0.15) is 13.2 Å². The van der Waals surface area contributed by atoms with Gasteiger partial charge in [-0.25, -0.2) is 9.37 Å². The predicted octanol–water partition coefficient (Wildman–Crippen LogP) is 5.14. The molecule has 2 rings (SSSR count). The van der Waals surface area contributed by atoms with Crippen molar-refractivity contribution in [1.29, 1.82) is 0 Å². The second-order valence-corrected chi connectivity index (χ2v) is 5.36. The second kappa shape index (κ2) is 6.10. The molecule has 20 heavy (non-hydrogen) atoms. The largest absolute Gasteiger partial charge is 0.417 e. The van der Waals surface area contributed by atoms with E-state index in [0.717, 1.165) is 29.5 Å². The maximum Gasteiger partial charge on any atom is 0.417 e. The van der Waals surface area contributed by atoms with Crippen molar-refractivity contribution in [1.82, 2.24) is 4.98 Å². The zero-order valence-corrected chi connectivity index (χ0v) is 11.7. The lowest BCUT2D eigenvalue weighted by atomic mass is 10.1. The van der Waals surface area contributed by atoms with Crippen LogP contribution in [-0.4, -0.2) is 10.9 Å². The van der Waals surface area contributed by atoms with Crippen molar-refractivity contribution < 1.29 is 17.6 Å². The maximum atomic E-state index is 13.2. The Morgan fingerprint density at radius 1 is 1.25 bits per heavy atom. The molecule has 0 amide bonds. The van der Waals surface area contributed by atoms with E-state index in [0.29, 0.717) is 24.4 Å². The van der Waals surface area contributed by atoms with Crippen molar-refractivity contribution >= 4 is 22.9 Å². The topological polar surface area (TPSA) is 12.9 Å². The summed E-state index contributed by atoms with van der Waals surface area (Å²) < 4.78 is 52.0. The minimum absolute atomic E-state index is 0.168. The Labute approximate surface area is 122 Å². The summed E-state index contributed by atoms with van der Waals surface area (Å²) in [5.74, 6) is -0.258. The summed E-state index contributed by atoms with van der Waals surface area (Å²) in [4.78, 5) is 4.13. The van der Waals surface area contributed by atoms with Crippen LogP contribution in [0.25, 0.3) is 10.6 Å². The van der Waals surface area contributed by atoms with Crippen LogP contribution in [0.1, 0.15) is 17.7 Å². The third-order valence-electron chi connectivity index (χ3n) is 2.64. The maximum absolute atomic E-state index is 13.2. The van der Waals surface area contributed by atoms with Gasteiger partial charge in [-0.1, -0.05) is 0 Å². The van der Waals surface area contributed by atoms with Gasteiger partial charge in [0.1, 0.15) is 10.8 Å². The van der Waals surface area contributed by atoms with E-state index < -0.39 is 17.6 Å². The molecule has 0 N–H and O–H groups in total. The molecule has 0 saturated carbocycles. The SMILES string of the molecule is Fc1ccc(C(F)(F)F)c(-c2nc(CCCCl)cs2)c1. The monoisotopic (exact) mass is 323 g/mol. The minimum Gasteiger partial charge on any atom is -0.241 e. The Kier molecular flexibility index (Phi) is 4.65. The number of benzene rings is 1. The predicted molar refractivity (Wildman–Crippen MR) is 71.6 cm³/mol. The molecule has 0 aliphatic carbocycles. The summed E-state index contributed by atoms with van der Waals surface area (Å²) in [6.07, 6.45) is -3.25. The standard InChI is InChI=1S/C13H10ClF4NS/c14-5-1-2-9-7-20-12(19-9)10-6-8(15)3-4-11(10)13(16,17)18/h3-4,6-7H,1-2,5H2. The molecule has 0 saturated heterocycles. The Balaban J connectivity index is 2.41. The summed E-state index contributed by atoms with van der Waals surface area (Å²) in [5.41, 5.74) is -0.431. The van der Waals surface area contributed by atoms with Crippen LogP contribution in [0.5, 0.6) is 0 Å². The molecule has 0 atom stereocenters. The number of aryl methyl sites for hydroxylation is 1. The highest BCUT2D eigenvalue weighted by Crippen LogP contribution is 2.38. The van der Waals surface area contributed by atoms with Gasteiger partial charge >= 0.3 is 6.18 Å². The van der Waals surface area contributed by atoms with Crippen LogP contribution in [0.3, 0.4) is 0 Å². The van der Waals surface area contributed by atoms with E-state index in [1.807, 2.05) is 0 Å². The molecular weight excluding hydrogens is 314 g/mol. The number of nitrogens with zero attached hydrogens (tertiary/aromatic N) is 1. The quantitative estimate of drug-likeness (QED) is 0.561. The van der Waals surface area contributed by atoms with Crippen LogP contribution in [0.2, 0.25) is 0 Å². The molecule has 0 spiro atoms. The third-order valence-corrected chi connectivity index (χ3v) is 3.83. The van der Waals surface area contributed by atoms with Gasteiger partial charge in [-0.3, -0.25) is 0 Å². The number of thiazole rings is 1. The van der Waals surface area contributed by atoms with E-state index in [4.69, 9.17) is 11.6 Å². The molecule has 0 fully saturated rings. The number of alkyl halides is 4. The van der Waals surface area contributed by atoms with Crippen LogP contribution in [0.15, 0.2) is 23.6 Å². The van der Waals surface area contributed by atoms with Crippen molar-refractivity contribution in [3.8, 4) is 10.6 Å². The molecule has 7 heteroatoms. The first-order chi connectivity index (χ1) is 9.41.